The second-order valence-corrected chi connectivity index (χ2v) is 13.3. The molecule has 42 heavy (non-hydrogen) atoms. The predicted molar refractivity (Wildman–Crippen MR) is 163 cm³/mol. The molecule has 3 aromatic rings. The minimum Gasteiger partial charge on any atom is -0.496 e. The summed E-state index contributed by atoms with van der Waals surface area (Å²) in [5, 5.41) is 14.3. The molecule has 1 fully saturated rings. The van der Waals surface area contributed by atoms with Crippen LogP contribution in [0.4, 0.5) is 4.39 Å². The van der Waals surface area contributed by atoms with Crippen LogP contribution >= 0.6 is 0 Å². The van der Waals surface area contributed by atoms with Gasteiger partial charge >= 0.3 is 5.97 Å². The number of benzene rings is 3. The number of carbonyl (C=O) groups excluding carboxylic acids is 1. The number of nitrogens with zero attached hydrogens (tertiary/aromatic N) is 1. The highest BCUT2D eigenvalue weighted by molar-refractivity contribution is 5.87. The van der Waals surface area contributed by atoms with E-state index in [1.54, 1.807) is 25.3 Å². The summed E-state index contributed by atoms with van der Waals surface area (Å²) in [5.74, 6) is -1.71. The molecule has 1 amide bonds. The fourth-order valence-corrected chi connectivity index (χ4v) is 6.27. The number of likely N-dealkylation sites (tertiary alicyclic amines) is 1. The Labute approximate surface area is 248 Å². The molecule has 0 bridgehead atoms. The van der Waals surface area contributed by atoms with E-state index in [-0.39, 0.29) is 17.4 Å². The predicted octanol–water partition coefficient (Wildman–Crippen LogP) is 6.53. The minimum atomic E-state index is -1.12. The van der Waals surface area contributed by atoms with Gasteiger partial charge in [-0.15, -0.1) is 0 Å². The number of hydrogen-bond acceptors (Lipinski definition) is 4. The Morgan fingerprint density at radius 1 is 0.929 bits per heavy atom. The fourth-order valence-electron chi connectivity index (χ4n) is 6.27. The molecule has 6 nitrogen and oxygen atoms in total. The number of carboxylic acids is 1. The smallest absolute Gasteiger partial charge is 0.326 e. The summed E-state index contributed by atoms with van der Waals surface area (Å²) in [4.78, 5) is 28.6. The van der Waals surface area contributed by atoms with Gasteiger partial charge in [-0.2, -0.15) is 0 Å². The second kappa shape index (κ2) is 12.3. The van der Waals surface area contributed by atoms with E-state index < -0.39 is 47.2 Å². The van der Waals surface area contributed by atoms with Crippen LogP contribution in [0, 0.1) is 17.2 Å². The van der Waals surface area contributed by atoms with Crippen LogP contribution in [0.2, 0.25) is 0 Å². The highest BCUT2D eigenvalue weighted by Crippen LogP contribution is 2.48. The Bertz CT molecular complexity index is 1410. The van der Waals surface area contributed by atoms with Crippen molar-refractivity contribution in [1.29, 1.82) is 0 Å². The number of halogens is 1. The number of rotatable bonds is 8. The number of amides is 1. The van der Waals surface area contributed by atoms with Gasteiger partial charge in [-0.05, 0) is 39.7 Å². The average Bonchev–Trinajstić information content (AvgIpc) is 3.29. The molecule has 0 unspecified atom stereocenters. The Morgan fingerprint density at radius 3 is 2.14 bits per heavy atom. The quantitative estimate of drug-likeness (QED) is 0.320. The van der Waals surface area contributed by atoms with Crippen LogP contribution < -0.4 is 10.1 Å². The van der Waals surface area contributed by atoms with Gasteiger partial charge in [0, 0.05) is 24.1 Å². The van der Waals surface area contributed by atoms with Crippen LogP contribution in [0.15, 0.2) is 72.8 Å². The third-order valence-corrected chi connectivity index (χ3v) is 8.32. The zero-order valence-corrected chi connectivity index (χ0v) is 25.6. The van der Waals surface area contributed by atoms with Gasteiger partial charge in [0.1, 0.15) is 17.6 Å². The van der Waals surface area contributed by atoms with Crippen molar-refractivity contribution in [3.05, 3.63) is 101 Å². The molecular formula is C35H43FN2O4. The number of nitrogens with one attached hydrogen (secondary N) is 1. The van der Waals surface area contributed by atoms with Gasteiger partial charge < -0.3 is 20.1 Å². The average molecular weight is 575 g/mol. The number of aliphatic carboxylic acids is 1. The summed E-state index contributed by atoms with van der Waals surface area (Å²) in [7, 11) is 1.64. The maximum absolute atomic E-state index is 14.6. The van der Waals surface area contributed by atoms with E-state index in [9.17, 15) is 19.1 Å². The zero-order chi connectivity index (χ0) is 30.8. The maximum atomic E-state index is 14.6. The topological polar surface area (TPSA) is 78.9 Å². The van der Waals surface area contributed by atoms with Crippen LogP contribution in [0.5, 0.6) is 5.75 Å². The minimum absolute atomic E-state index is 0.0702. The van der Waals surface area contributed by atoms with E-state index in [2.05, 4.69) is 38.2 Å². The molecule has 7 heteroatoms. The van der Waals surface area contributed by atoms with Crippen molar-refractivity contribution in [3.63, 3.8) is 0 Å². The first-order chi connectivity index (χ1) is 19.7. The maximum Gasteiger partial charge on any atom is 0.326 e. The third kappa shape index (κ3) is 6.51. The summed E-state index contributed by atoms with van der Waals surface area (Å²) < 4.78 is 20.3. The van der Waals surface area contributed by atoms with Gasteiger partial charge in [0.05, 0.1) is 19.6 Å². The highest BCUT2D eigenvalue weighted by Gasteiger charge is 2.57. The van der Waals surface area contributed by atoms with Crippen molar-refractivity contribution < 1.29 is 23.8 Å². The van der Waals surface area contributed by atoms with Crippen molar-refractivity contribution in [1.82, 2.24) is 10.2 Å². The lowest BCUT2D eigenvalue weighted by molar-refractivity contribution is -0.152. The highest BCUT2D eigenvalue weighted by atomic mass is 19.1. The molecular weight excluding hydrogens is 531 g/mol. The largest absolute Gasteiger partial charge is 0.496 e. The molecule has 0 saturated carbocycles. The van der Waals surface area contributed by atoms with E-state index in [0.29, 0.717) is 6.54 Å². The van der Waals surface area contributed by atoms with E-state index in [0.717, 1.165) is 22.4 Å². The summed E-state index contributed by atoms with van der Waals surface area (Å²) in [5.41, 5.74) is 2.62. The molecule has 1 saturated heterocycles. The van der Waals surface area contributed by atoms with Gasteiger partial charge in [-0.3, -0.25) is 4.79 Å². The molecule has 4 atom stereocenters. The Hall–Kier alpha value is -3.71. The Morgan fingerprint density at radius 2 is 1.57 bits per heavy atom. The van der Waals surface area contributed by atoms with E-state index in [4.69, 9.17) is 4.74 Å². The first-order valence-corrected chi connectivity index (χ1v) is 14.5. The molecule has 4 rings (SSSR count). The fraction of sp³-hybridized carbons (Fsp3) is 0.429. The van der Waals surface area contributed by atoms with Crippen LogP contribution in [0.1, 0.15) is 69.8 Å². The Kier molecular flexibility index (Phi) is 9.12. The summed E-state index contributed by atoms with van der Waals surface area (Å²) in [6.45, 7) is 12.9. The first kappa shape index (κ1) is 31.2. The number of ether oxygens (including phenoxy) is 1. The summed E-state index contributed by atoms with van der Waals surface area (Å²) in [6.07, 6.45) is -0.231. The van der Waals surface area contributed by atoms with Crippen LogP contribution in [0.3, 0.4) is 0 Å². The lowest BCUT2D eigenvalue weighted by atomic mass is 9.72. The first-order valence-electron chi connectivity index (χ1n) is 14.5. The van der Waals surface area contributed by atoms with E-state index in [1.807, 2.05) is 57.2 Å². The molecule has 224 valence electrons. The monoisotopic (exact) mass is 574 g/mol. The molecule has 3 aromatic carbocycles. The Balaban J connectivity index is 1.82. The normalized spacial score (nSPS) is 20.9. The third-order valence-electron chi connectivity index (χ3n) is 8.32. The number of methoxy groups -OCH3 is 1. The van der Waals surface area contributed by atoms with Gasteiger partial charge in [-0.1, -0.05) is 102 Å². The second-order valence-electron chi connectivity index (χ2n) is 13.3. The van der Waals surface area contributed by atoms with Crippen molar-refractivity contribution in [2.24, 2.45) is 11.3 Å². The van der Waals surface area contributed by atoms with Gasteiger partial charge in [-0.25, -0.2) is 9.18 Å². The van der Waals surface area contributed by atoms with E-state index >= 15 is 0 Å². The molecule has 0 spiro atoms. The molecule has 0 radical (unpaired) electrons. The van der Waals surface area contributed by atoms with Crippen molar-refractivity contribution in [2.45, 2.75) is 78.0 Å². The van der Waals surface area contributed by atoms with Gasteiger partial charge in [0.15, 0.2) is 0 Å². The molecule has 1 aliphatic heterocycles. The number of carboxylic acid groups (broad SMARTS) is 1. The van der Waals surface area contributed by atoms with Crippen LogP contribution in [-0.4, -0.2) is 41.1 Å². The van der Waals surface area contributed by atoms with Crippen molar-refractivity contribution >= 4 is 11.9 Å². The van der Waals surface area contributed by atoms with E-state index in [1.165, 1.54) is 11.0 Å². The van der Waals surface area contributed by atoms with Crippen molar-refractivity contribution in [3.8, 4) is 5.75 Å². The number of hydrogen-bond donors (Lipinski definition) is 2. The van der Waals surface area contributed by atoms with Crippen molar-refractivity contribution in [2.75, 3.05) is 7.11 Å². The van der Waals surface area contributed by atoms with Crippen LogP contribution in [0.25, 0.3) is 0 Å². The molecule has 0 aliphatic carbocycles. The molecule has 2 N–H and O–H groups in total. The summed E-state index contributed by atoms with van der Waals surface area (Å²) >= 11 is 0. The molecule has 1 aliphatic rings. The number of carbonyl (C=O) groups is 2. The zero-order valence-electron chi connectivity index (χ0n) is 25.6. The molecule has 1 heterocycles. The SMILES string of the molecule is COc1ccc(C(C)(C)C)cc1CN[C@H]1[C@H](C(C)(C)C)[C@@H](C(=O)O)N(C(=O)Cc2ccccc2F)[C@H]1c1ccccc1. The molecule has 0 aromatic heterocycles. The van der Waals surface area contributed by atoms with Gasteiger partial charge in [0.25, 0.3) is 0 Å². The van der Waals surface area contributed by atoms with Crippen LogP contribution in [-0.2, 0) is 28.0 Å². The lowest BCUT2D eigenvalue weighted by Crippen LogP contribution is -2.48. The van der Waals surface area contributed by atoms with Gasteiger partial charge in [0.2, 0.25) is 5.91 Å². The summed E-state index contributed by atoms with van der Waals surface area (Å²) in [6, 6.07) is 19.7. The lowest BCUT2D eigenvalue weighted by Gasteiger charge is -2.35. The standard InChI is InChI=1S/C35H43FN2O4/c1-34(2,3)25-17-18-27(42-7)24(19-25)21-37-30-29(35(4,5)6)32(33(40)41)38(31(30)22-13-9-8-10-14-22)28(39)20-23-15-11-12-16-26(23)36/h8-19,29-32,37H,20-21H2,1-7H3,(H,40,41)/t29-,30-,31-,32-/m0/s1.